The second-order valence-electron chi connectivity index (χ2n) is 5.62. The zero-order valence-corrected chi connectivity index (χ0v) is 11.9. The Labute approximate surface area is 119 Å². The predicted octanol–water partition coefficient (Wildman–Crippen LogP) is 3.31. The van der Waals surface area contributed by atoms with Crippen LogP contribution in [0.25, 0.3) is 0 Å². The van der Waals surface area contributed by atoms with E-state index in [2.05, 4.69) is 12.2 Å². The SMILES string of the molecule is CC1CCCC(CCl)(NC(=O)c2cccc(O)c2)C1. The molecule has 1 aromatic rings. The van der Waals surface area contributed by atoms with E-state index in [1.807, 2.05) is 0 Å². The number of carbonyl (C=O) groups is 1. The molecule has 1 fully saturated rings. The molecule has 1 aliphatic carbocycles. The molecule has 0 heterocycles. The minimum Gasteiger partial charge on any atom is -0.508 e. The maximum absolute atomic E-state index is 12.3. The van der Waals surface area contributed by atoms with E-state index in [9.17, 15) is 9.90 Å². The normalized spacial score (nSPS) is 26.9. The van der Waals surface area contributed by atoms with Gasteiger partial charge in [0.2, 0.25) is 0 Å². The summed E-state index contributed by atoms with van der Waals surface area (Å²) < 4.78 is 0. The molecule has 0 radical (unpaired) electrons. The first kappa shape index (κ1) is 14.2. The molecule has 0 saturated heterocycles. The van der Waals surface area contributed by atoms with Gasteiger partial charge in [0.25, 0.3) is 5.91 Å². The van der Waals surface area contributed by atoms with Crippen LogP contribution in [0.5, 0.6) is 5.75 Å². The smallest absolute Gasteiger partial charge is 0.251 e. The van der Waals surface area contributed by atoms with E-state index in [1.54, 1.807) is 18.2 Å². The van der Waals surface area contributed by atoms with E-state index in [0.717, 1.165) is 19.3 Å². The Morgan fingerprint density at radius 1 is 1.58 bits per heavy atom. The zero-order chi connectivity index (χ0) is 13.9. The molecule has 2 rings (SSSR count). The van der Waals surface area contributed by atoms with Gasteiger partial charge in [-0.3, -0.25) is 4.79 Å². The minimum absolute atomic E-state index is 0.101. The number of alkyl halides is 1. The van der Waals surface area contributed by atoms with Gasteiger partial charge < -0.3 is 10.4 Å². The van der Waals surface area contributed by atoms with Gasteiger partial charge in [-0.15, -0.1) is 11.6 Å². The molecule has 1 amide bonds. The summed E-state index contributed by atoms with van der Waals surface area (Å²) in [6, 6.07) is 6.39. The lowest BCUT2D eigenvalue weighted by Gasteiger charge is -2.39. The molecule has 0 spiro atoms. The fourth-order valence-corrected chi connectivity index (χ4v) is 3.20. The van der Waals surface area contributed by atoms with Crippen molar-refractivity contribution in [3.63, 3.8) is 0 Å². The van der Waals surface area contributed by atoms with Crippen molar-refractivity contribution >= 4 is 17.5 Å². The number of hydrogen-bond acceptors (Lipinski definition) is 2. The average Bonchev–Trinajstić information content (AvgIpc) is 2.38. The van der Waals surface area contributed by atoms with Crippen LogP contribution in [-0.2, 0) is 0 Å². The number of aromatic hydroxyl groups is 1. The van der Waals surface area contributed by atoms with Crippen LogP contribution in [0.15, 0.2) is 24.3 Å². The third-order valence-electron chi connectivity index (χ3n) is 3.83. The van der Waals surface area contributed by atoms with Gasteiger partial charge in [0.1, 0.15) is 5.75 Å². The number of phenolic OH excluding ortho intramolecular Hbond substituents is 1. The number of carbonyl (C=O) groups excluding carboxylic acids is 1. The zero-order valence-electron chi connectivity index (χ0n) is 11.2. The maximum atomic E-state index is 12.3. The Balaban J connectivity index is 2.12. The van der Waals surface area contributed by atoms with Crippen molar-refractivity contribution in [1.29, 1.82) is 0 Å². The van der Waals surface area contributed by atoms with Crippen LogP contribution in [0.2, 0.25) is 0 Å². The molecule has 19 heavy (non-hydrogen) atoms. The van der Waals surface area contributed by atoms with E-state index in [1.165, 1.54) is 12.5 Å². The van der Waals surface area contributed by atoms with Crippen LogP contribution in [0.4, 0.5) is 0 Å². The highest BCUT2D eigenvalue weighted by atomic mass is 35.5. The Morgan fingerprint density at radius 2 is 2.37 bits per heavy atom. The molecular weight excluding hydrogens is 262 g/mol. The van der Waals surface area contributed by atoms with Gasteiger partial charge in [-0.1, -0.05) is 25.8 Å². The number of amides is 1. The van der Waals surface area contributed by atoms with Crippen molar-refractivity contribution in [1.82, 2.24) is 5.32 Å². The number of rotatable bonds is 3. The highest BCUT2D eigenvalue weighted by molar-refractivity contribution is 6.19. The van der Waals surface area contributed by atoms with Crippen molar-refractivity contribution < 1.29 is 9.90 Å². The first-order valence-electron chi connectivity index (χ1n) is 6.72. The molecule has 104 valence electrons. The molecular formula is C15H20ClNO2. The Bertz CT molecular complexity index is 463. The Kier molecular flexibility index (Phi) is 4.35. The third kappa shape index (κ3) is 3.41. The van der Waals surface area contributed by atoms with E-state index >= 15 is 0 Å². The van der Waals surface area contributed by atoms with Crippen LogP contribution in [0.3, 0.4) is 0 Å². The van der Waals surface area contributed by atoms with E-state index in [4.69, 9.17) is 11.6 Å². The first-order valence-corrected chi connectivity index (χ1v) is 7.26. The number of hydrogen-bond donors (Lipinski definition) is 2. The van der Waals surface area contributed by atoms with Gasteiger partial charge >= 0.3 is 0 Å². The lowest BCUT2D eigenvalue weighted by atomic mass is 9.77. The van der Waals surface area contributed by atoms with Gasteiger partial charge in [-0.05, 0) is 37.0 Å². The molecule has 0 aliphatic heterocycles. The van der Waals surface area contributed by atoms with Crippen LogP contribution in [0.1, 0.15) is 43.0 Å². The lowest BCUT2D eigenvalue weighted by Crippen LogP contribution is -2.52. The highest BCUT2D eigenvalue weighted by Gasteiger charge is 2.35. The maximum Gasteiger partial charge on any atom is 0.251 e. The molecule has 1 saturated carbocycles. The van der Waals surface area contributed by atoms with E-state index in [0.29, 0.717) is 17.4 Å². The van der Waals surface area contributed by atoms with Crippen LogP contribution in [0, 0.1) is 5.92 Å². The molecule has 2 unspecified atom stereocenters. The first-order chi connectivity index (χ1) is 9.04. The number of halogens is 1. The summed E-state index contributed by atoms with van der Waals surface area (Å²) in [4.78, 5) is 12.3. The second-order valence-corrected chi connectivity index (χ2v) is 5.89. The van der Waals surface area contributed by atoms with Crippen LogP contribution >= 0.6 is 11.6 Å². The fourth-order valence-electron chi connectivity index (χ4n) is 2.89. The summed E-state index contributed by atoms with van der Waals surface area (Å²) in [7, 11) is 0. The summed E-state index contributed by atoms with van der Waals surface area (Å²) in [5.41, 5.74) is 0.171. The van der Waals surface area contributed by atoms with Crippen LogP contribution < -0.4 is 5.32 Å². The standard InChI is InChI=1S/C15H20ClNO2/c1-11-4-3-7-15(9-11,10-16)17-14(19)12-5-2-6-13(18)8-12/h2,5-6,8,11,18H,3-4,7,9-10H2,1H3,(H,17,19). The van der Waals surface area contributed by atoms with Crippen molar-refractivity contribution in [2.24, 2.45) is 5.92 Å². The highest BCUT2D eigenvalue weighted by Crippen LogP contribution is 2.33. The quantitative estimate of drug-likeness (QED) is 0.835. The summed E-state index contributed by atoms with van der Waals surface area (Å²) in [6.45, 7) is 2.20. The third-order valence-corrected chi connectivity index (χ3v) is 4.35. The number of phenols is 1. The van der Waals surface area contributed by atoms with Crippen molar-refractivity contribution in [2.75, 3.05) is 5.88 Å². The lowest BCUT2D eigenvalue weighted by molar-refractivity contribution is 0.0867. The number of nitrogens with one attached hydrogen (secondary N) is 1. The molecule has 2 atom stereocenters. The molecule has 3 nitrogen and oxygen atoms in total. The van der Waals surface area contributed by atoms with Gasteiger partial charge in [0.15, 0.2) is 0 Å². The van der Waals surface area contributed by atoms with Crippen molar-refractivity contribution in [3.05, 3.63) is 29.8 Å². The molecule has 1 aliphatic rings. The summed E-state index contributed by atoms with van der Waals surface area (Å²) >= 11 is 6.10. The van der Waals surface area contributed by atoms with Crippen molar-refractivity contribution in [2.45, 2.75) is 38.1 Å². The number of benzene rings is 1. The predicted molar refractivity (Wildman–Crippen MR) is 76.7 cm³/mol. The topological polar surface area (TPSA) is 49.3 Å². The molecule has 0 aromatic heterocycles. The summed E-state index contributed by atoms with van der Waals surface area (Å²) in [5.74, 6) is 0.953. The molecule has 0 bridgehead atoms. The van der Waals surface area contributed by atoms with Crippen LogP contribution in [-0.4, -0.2) is 22.4 Å². The Morgan fingerprint density at radius 3 is 3.00 bits per heavy atom. The van der Waals surface area contributed by atoms with Crippen molar-refractivity contribution in [3.8, 4) is 5.75 Å². The fraction of sp³-hybridized carbons (Fsp3) is 0.533. The Hall–Kier alpha value is -1.22. The van der Waals surface area contributed by atoms with E-state index in [-0.39, 0.29) is 17.2 Å². The average molecular weight is 282 g/mol. The monoisotopic (exact) mass is 281 g/mol. The van der Waals surface area contributed by atoms with Gasteiger partial charge in [0, 0.05) is 11.4 Å². The summed E-state index contributed by atoms with van der Waals surface area (Å²) in [6.07, 6.45) is 4.13. The second kappa shape index (κ2) is 5.83. The minimum atomic E-state index is -0.304. The van der Waals surface area contributed by atoms with Gasteiger partial charge in [-0.2, -0.15) is 0 Å². The molecule has 4 heteroatoms. The van der Waals surface area contributed by atoms with E-state index < -0.39 is 0 Å². The molecule has 1 aromatic carbocycles. The largest absolute Gasteiger partial charge is 0.508 e. The summed E-state index contributed by atoms with van der Waals surface area (Å²) in [5, 5.41) is 12.5. The van der Waals surface area contributed by atoms with Gasteiger partial charge in [0.05, 0.1) is 5.54 Å². The molecule has 2 N–H and O–H groups in total. The van der Waals surface area contributed by atoms with Gasteiger partial charge in [-0.25, -0.2) is 0 Å².